The Kier molecular flexibility index (Phi) is 10.3. The Bertz CT molecular complexity index is 1370. The fourth-order valence-electron chi connectivity index (χ4n) is 5.31. The van der Waals surface area contributed by atoms with Crippen LogP contribution in [0, 0.1) is 24.5 Å². The van der Waals surface area contributed by atoms with Gasteiger partial charge in [0.1, 0.15) is 11.9 Å². The number of hydrogen-bond donors (Lipinski definition) is 1. The van der Waals surface area contributed by atoms with Gasteiger partial charge in [-0.1, -0.05) is 38.1 Å². The van der Waals surface area contributed by atoms with E-state index in [0.717, 1.165) is 23.5 Å². The quantitative estimate of drug-likeness (QED) is 0.386. The number of pyridine rings is 1. The van der Waals surface area contributed by atoms with Crippen LogP contribution in [0.3, 0.4) is 0 Å². The number of carbonyl (C=O) groups excluding carboxylic acids is 2. The molecule has 42 heavy (non-hydrogen) atoms. The summed E-state index contributed by atoms with van der Waals surface area (Å²) < 4.78 is 33.8. The van der Waals surface area contributed by atoms with Crippen LogP contribution in [0.2, 0.25) is 0 Å². The maximum absolute atomic E-state index is 15.3. The SMILES string of the molecule is COCCC(c1nccc(C)c1F)N1CC(C)N(C(=O)C(C)C)C(C(=O)NCc2ccc(-c3ncc(F)cn3)cc2)C1. The van der Waals surface area contributed by atoms with Crippen LogP contribution in [-0.4, -0.2) is 75.5 Å². The first-order chi connectivity index (χ1) is 20.1. The Balaban J connectivity index is 1.55. The van der Waals surface area contributed by atoms with Gasteiger partial charge in [0.15, 0.2) is 11.6 Å². The van der Waals surface area contributed by atoms with Crippen molar-refractivity contribution < 1.29 is 23.1 Å². The average Bonchev–Trinajstić information content (AvgIpc) is 2.98. The molecule has 0 saturated carbocycles. The number of amides is 2. The van der Waals surface area contributed by atoms with Crippen molar-refractivity contribution >= 4 is 11.8 Å². The number of carbonyl (C=O) groups is 2. The van der Waals surface area contributed by atoms with Crippen LogP contribution in [0.25, 0.3) is 11.4 Å². The van der Waals surface area contributed by atoms with Crippen LogP contribution in [0.1, 0.15) is 50.1 Å². The Morgan fingerprint density at radius 1 is 1.07 bits per heavy atom. The molecule has 3 aromatic rings. The Labute approximate surface area is 245 Å². The predicted octanol–water partition coefficient (Wildman–Crippen LogP) is 4.08. The summed E-state index contributed by atoms with van der Waals surface area (Å²) in [7, 11) is 1.59. The highest BCUT2D eigenvalue weighted by Crippen LogP contribution is 2.31. The lowest BCUT2D eigenvalue weighted by Gasteiger charge is -2.47. The van der Waals surface area contributed by atoms with E-state index >= 15 is 4.39 Å². The van der Waals surface area contributed by atoms with E-state index in [0.29, 0.717) is 36.7 Å². The third-order valence-corrected chi connectivity index (χ3v) is 7.53. The molecule has 1 aromatic carbocycles. The highest BCUT2D eigenvalue weighted by molar-refractivity contribution is 5.89. The highest BCUT2D eigenvalue weighted by atomic mass is 19.1. The Morgan fingerprint density at radius 3 is 2.40 bits per heavy atom. The summed E-state index contributed by atoms with van der Waals surface area (Å²) >= 11 is 0. The molecule has 2 amide bonds. The molecule has 3 unspecified atom stereocenters. The van der Waals surface area contributed by atoms with Crippen molar-refractivity contribution in [1.82, 2.24) is 30.1 Å². The molecule has 0 aliphatic carbocycles. The topological polar surface area (TPSA) is 101 Å². The Morgan fingerprint density at radius 2 is 1.76 bits per heavy atom. The van der Waals surface area contributed by atoms with Gasteiger partial charge in [-0.2, -0.15) is 0 Å². The Hall–Kier alpha value is -3.83. The molecule has 3 heterocycles. The lowest BCUT2D eigenvalue weighted by molar-refractivity contribution is -0.151. The molecule has 4 rings (SSSR count). The van der Waals surface area contributed by atoms with E-state index in [1.807, 2.05) is 37.8 Å². The molecule has 2 aromatic heterocycles. The standard InChI is InChI=1S/C31H38F2N6O3/c1-19(2)31(41)39-21(4)17-38(25(11-13-42-5)28-27(33)20(3)10-12-34-28)18-26(39)30(40)37-14-22-6-8-23(9-7-22)29-35-15-24(32)16-36-29/h6-10,12,15-16,19,21,25-26H,11,13-14,17-18H2,1-5H3,(H,37,40). The molecule has 1 aliphatic rings. The van der Waals surface area contributed by atoms with Gasteiger partial charge in [-0.05, 0) is 37.5 Å². The zero-order chi connectivity index (χ0) is 30.4. The van der Waals surface area contributed by atoms with Crippen molar-refractivity contribution in [3.63, 3.8) is 0 Å². The number of benzene rings is 1. The molecule has 0 radical (unpaired) electrons. The normalized spacial score (nSPS) is 18.2. The van der Waals surface area contributed by atoms with Crippen molar-refractivity contribution in [2.45, 2.75) is 58.8 Å². The minimum atomic E-state index is -0.784. The maximum atomic E-state index is 15.3. The van der Waals surface area contributed by atoms with Crippen molar-refractivity contribution in [1.29, 1.82) is 0 Å². The molecule has 3 atom stereocenters. The van der Waals surface area contributed by atoms with Crippen LogP contribution in [0.15, 0.2) is 48.9 Å². The van der Waals surface area contributed by atoms with Crippen molar-refractivity contribution in [2.24, 2.45) is 5.92 Å². The maximum Gasteiger partial charge on any atom is 0.244 e. The van der Waals surface area contributed by atoms with Gasteiger partial charge >= 0.3 is 0 Å². The molecule has 1 aliphatic heterocycles. The van der Waals surface area contributed by atoms with E-state index in [1.54, 1.807) is 43.3 Å². The van der Waals surface area contributed by atoms with E-state index in [2.05, 4.69) is 20.3 Å². The summed E-state index contributed by atoms with van der Waals surface area (Å²) in [4.78, 5) is 43.1. The number of halogens is 2. The third kappa shape index (κ3) is 7.14. The molecule has 1 saturated heterocycles. The van der Waals surface area contributed by atoms with Gasteiger partial charge in [0.05, 0.1) is 24.1 Å². The van der Waals surface area contributed by atoms with Gasteiger partial charge in [0.2, 0.25) is 11.8 Å². The van der Waals surface area contributed by atoms with E-state index in [-0.39, 0.29) is 42.7 Å². The number of rotatable bonds is 10. The van der Waals surface area contributed by atoms with Gasteiger partial charge in [-0.25, -0.2) is 18.7 Å². The fraction of sp³-hybridized carbons (Fsp3) is 0.452. The summed E-state index contributed by atoms with van der Waals surface area (Å²) in [6.07, 6.45) is 4.29. The van der Waals surface area contributed by atoms with E-state index in [1.165, 1.54) is 0 Å². The number of piperazine rings is 1. The summed E-state index contributed by atoms with van der Waals surface area (Å²) in [5.74, 6) is -1.19. The van der Waals surface area contributed by atoms with E-state index in [9.17, 15) is 14.0 Å². The number of hydrogen-bond acceptors (Lipinski definition) is 7. The first kappa shape index (κ1) is 31.1. The minimum Gasteiger partial charge on any atom is -0.385 e. The number of aryl methyl sites for hydroxylation is 1. The molecule has 224 valence electrons. The number of nitrogens with zero attached hydrogens (tertiary/aromatic N) is 5. The molecule has 11 heteroatoms. The summed E-state index contributed by atoms with van der Waals surface area (Å²) in [5, 5.41) is 2.99. The van der Waals surface area contributed by atoms with Gasteiger partial charge in [0, 0.05) is 57.1 Å². The van der Waals surface area contributed by atoms with Crippen molar-refractivity contribution in [2.75, 3.05) is 26.8 Å². The second-order valence-corrected chi connectivity index (χ2v) is 11.0. The van der Waals surface area contributed by atoms with Crippen LogP contribution < -0.4 is 5.32 Å². The number of aromatic nitrogens is 3. The summed E-state index contributed by atoms with van der Waals surface area (Å²) in [6, 6.07) is 7.40. The second kappa shape index (κ2) is 13.9. The van der Waals surface area contributed by atoms with Gasteiger partial charge in [-0.15, -0.1) is 0 Å². The van der Waals surface area contributed by atoms with Crippen LogP contribution >= 0.6 is 0 Å². The first-order valence-electron chi connectivity index (χ1n) is 14.1. The molecular formula is C31H38F2N6O3. The van der Waals surface area contributed by atoms with Crippen molar-refractivity contribution in [3.8, 4) is 11.4 Å². The zero-order valence-corrected chi connectivity index (χ0v) is 24.7. The summed E-state index contributed by atoms with van der Waals surface area (Å²) in [6.45, 7) is 8.54. The van der Waals surface area contributed by atoms with Gasteiger partial charge in [0.25, 0.3) is 0 Å². The van der Waals surface area contributed by atoms with E-state index in [4.69, 9.17) is 4.74 Å². The molecule has 1 N–H and O–H groups in total. The van der Waals surface area contributed by atoms with Crippen LogP contribution in [-0.2, 0) is 20.9 Å². The summed E-state index contributed by atoms with van der Waals surface area (Å²) in [5.41, 5.74) is 2.36. The second-order valence-electron chi connectivity index (χ2n) is 11.0. The molecular weight excluding hydrogens is 542 g/mol. The monoisotopic (exact) mass is 580 g/mol. The van der Waals surface area contributed by atoms with Crippen LogP contribution in [0.4, 0.5) is 8.78 Å². The lowest BCUT2D eigenvalue weighted by atomic mass is 9.97. The largest absolute Gasteiger partial charge is 0.385 e. The third-order valence-electron chi connectivity index (χ3n) is 7.53. The van der Waals surface area contributed by atoms with E-state index < -0.39 is 17.9 Å². The zero-order valence-electron chi connectivity index (χ0n) is 24.7. The number of ether oxygens (including phenoxy) is 1. The predicted molar refractivity (Wildman–Crippen MR) is 154 cm³/mol. The smallest absolute Gasteiger partial charge is 0.244 e. The first-order valence-corrected chi connectivity index (χ1v) is 14.1. The number of methoxy groups -OCH3 is 1. The van der Waals surface area contributed by atoms with Crippen molar-refractivity contribution in [3.05, 3.63) is 77.4 Å². The van der Waals surface area contributed by atoms with Gasteiger partial charge < -0.3 is 15.0 Å². The number of nitrogens with one attached hydrogen (secondary N) is 1. The molecule has 9 nitrogen and oxygen atoms in total. The highest BCUT2D eigenvalue weighted by Gasteiger charge is 2.42. The fourth-order valence-corrected chi connectivity index (χ4v) is 5.31. The molecule has 1 fully saturated rings. The minimum absolute atomic E-state index is 0.112. The molecule has 0 bridgehead atoms. The lowest BCUT2D eigenvalue weighted by Crippen LogP contribution is -2.65. The van der Waals surface area contributed by atoms with Gasteiger partial charge in [-0.3, -0.25) is 19.5 Å². The van der Waals surface area contributed by atoms with Crippen LogP contribution in [0.5, 0.6) is 0 Å². The average molecular weight is 581 g/mol. The molecule has 0 spiro atoms.